The highest BCUT2D eigenvalue weighted by Crippen LogP contribution is 2.49. The van der Waals surface area contributed by atoms with Gasteiger partial charge in [0.05, 0.1) is 6.54 Å². The van der Waals surface area contributed by atoms with Crippen LogP contribution in [0.3, 0.4) is 0 Å². The van der Waals surface area contributed by atoms with Gasteiger partial charge in [0.1, 0.15) is 0 Å². The Balaban J connectivity index is 3.06. The minimum Gasteiger partial charge on any atom is -0.370 e. The summed E-state index contributed by atoms with van der Waals surface area (Å²) in [4.78, 5) is 3.95. The first-order chi connectivity index (χ1) is 9.04. The van der Waals surface area contributed by atoms with Crippen LogP contribution in [0.15, 0.2) is 16.6 Å². The zero-order chi connectivity index (χ0) is 15.6. The third kappa shape index (κ3) is 3.14. The van der Waals surface area contributed by atoms with Gasteiger partial charge in [0.2, 0.25) is 0 Å². The molecule has 1 rings (SSSR count). The lowest BCUT2D eigenvalue weighted by Gasteiger charge is -2.35. The van der Waals surface area contributed by atoms with Crippen LogP contribution in [0, 0.1) is 0 Å². The van der Waals surface area contributed by atoms with E-state index in [0.717, 1.165) is 6.08 Å². The highest BCUT2D eigenvalue weighted by molar-refractivity contribution is 5.87. The number of aliphatic hydroxyl groups is 1. The Hall–Kier alpha value is -1.09. The molecule has 0 atom stereocenters. The van der Waals surface area contributed by atoms with Crippen molar-refractivity contribution < 1.29 is 31.4 Å². The summed E-state index contributed by atoms with van der Waals surface area (Å²) in [5.74, 6) is 0. The number of alkyl halides is 6. The van der Waals surface area contributed by atoms with Gasteiger partial charge in [-0.05, 0) is 18.4 Å². The zero-order valence-corrected chi connectivity index (χ0v) is 10.4. The highest BCUT2D eigenvalue weighted by atomic mass is 19.4. The maximum absolute atomic E-state index is 12.6. The molecule has 9 heteroatoms. The van der Waals surface area contributed by atoms with Crippen LogP contribution in [0.2, 0.25) is 0 Å². The minimum atomic E-state index is -5.82. The van der Waals surface area contributed by atoms with Gasteiger partial charge >= 0.3 is 12.4 Å². The van der Waals surface area contributed by atoms with Crippen molar-refractivity contribution in [2.45, 2.75) is 37.2 Å². The standard InChI is InChI=1S/C11H14F6N2O/c12-10(13,14)9(20,11(15,16)17)7-1-3-8(4-2-7)19-6-5-18/h1,20H,2-6,18H2. The van der Waals surface area contributed by atoms with Gasteiger partial charge in [0.15, 0.2) is 0 Å². The van der Waals surface area contributed by atoms with Crippen molar-refractivity contribution in [3.63, 3.8) is 0 Å². The highest BCUT2D eigenvalue weighted by Gasteiger charge is 2.72. The van der Waals surface area contributed by atoms with Gasteiger partial charge in [0, 0.05) is 18.7 Å². The Labute approximate surface area is 111 Å². The molecule has 0 fully saturated rings. The molecule has 0 saturated carbocycles. The van der Waals surface area contributed by atoms with Crippen LogP contribution in [-0.2, 0) is 0 Å². The zero-order valence-electron chi connectivity index (χ0n) is 10.4. The van der Waals surface area contributed by atoms with Crippen molar-refractivity contribution in [2.24, 2.45) is 10.7 Å². The molecule has 0 saturated heterocycles. The number of hydrogen-bond acceptors (Lipinski definition) is 3. The Morgan fingerprint density at radius 3 is 2.00 bits per heavy atom. The molecule has 3 N–H and O–H groups in total. The van der Waals surface area contributed by atoms with Gasteiger partial charge in [-0.1, -0.05) is 6.08 Å². The lowest BCUT2D eigenvalue weighted by Crippen LogP contribution is -2.58. The fraction of sp³-hybridized carbons (Fsp3) is 0.727. The molecule has 3 nitrogen and oxygen atoms in total. The molecule has 0 unspecified atom stereocenters. The Bertz CT molecular complexity index is 396. The third-order valence-electron chi connectivity index (χ3n) is 3.02. The van der Waals surface area contributed by atoms with Crippen molar-refractivity contribution in [3.8, 4) is 0 Å². The van der Waals surface area contributed by atoms with Crippen LogP contribution < -0.4 is 5.73 Å². The summed E-state index contributed by atoms with van der Waals surface area (Å²) in [7, 11) is 0. The van der Waals surface area contributed by atoms with Gasteiger partial charge in [-0.25, -0.2) is 0 Å². The Kier molecular flexibility index (Phi) is 4.86. The van der Waals surface area contributed by atoms with E-state index in [1.165, 1.54) is 0 Å². The van der Waals surface area contributed by atoms with Gasteiger partial charge in [-0.3, -0.25) is 4.99 Å². The molecule has 0 bridgehead atoms. The monoisotopic (exact) mass is 304 g/mol. The number of aliphatic imine (C=N–C) groups is 1. The number of nitrogens with zero attached hydrogens (tertiary/aromatic N) is 1. The summed E-state index contributed by atoms with van der Waals surface area (Å²) in [6.07, 6.45) is -11.6. The Morgan fingerprint density at radius 1 is 1.10 bits per heavy atom. The molecule has 116 valence electrons. The van der Waals surface area contributed by atoms with E-state index in [2.05, 4.69) is 4.99 Å². The third-order valence-corrected chi connectivity index (χ3v) is 3.02. The van der Waals surface area contributed by atoms with E-state index in [9.17, 15) is 31.4 Å². The molecule has 0 aromatic heterocycles. The minimum absolute atomic E-state index is 0.0553. The Morgan fingerprint density at radius 2 is 1.65 bits per heavy atom. The van der Waals surface area contributed by atoms with Crippen molar-refractivity contribution >= 4 is 5.71 Å². The van der Waals surface area contributed by atoms with Crippen molar-refractivity contribution in [1.29, 1.82) is 0 Å². The fourth-order valence-electron chi connectivity index (χ4n) is 1.94. The van der Waals surface area contributed by atoms with Gasteiger partial charge in [-0.15, -0.1) is 0 Å². The van der Waals surface area contributed by atoms with Crippen LogP contribution in [0.4, 0.5) is 26.3 Å². The second kappa shape index (κ2) is 5.72. The largest absolute Gasteiger partial charge is 0.430 e. The fourth-order valence-corrected chi connectivity index (χ4v) is 1.94. The maximum Gasteiger partial charge on any atom is 0.430 e. The van der Waals surface area contributed by atoms with Gasteiger partial charge in [0.25, 0.3) is 5.60 Å². The summed E-state index contributed by atoms with van der Waals surface area (Å²) in [6.45, 7) is 0.510. The van der Waals surface area contributed by atoms with Crippen molar-refractivity contribution in [2.75, 3.05) is 13.1 Å². The van der Waals surface area contributed by atoms with E-state index < -0.39 is 29.9 Å². The van der Waals surface area contributed by atoms with E-state index in [0.29, 0.717) is 5.71 Å². The molecule has 0 radical (unpaired) electrons. The lowest BCUT2D eigenvalue weighted by atomic mass is 9.83. The normalized spacial score (nSPS) is 20.2. The van der Waals surface area contributed by atoms with Gasteiger partial charge in [-0.2, -0.15) is 26.3 Å². The number of hydrogen-bond donors (Lipinski definition) is 2. The SMILES string of the molecule is NCCN=C1CC=C(C(O)(C(F)(F)F)C(F)(F)F)CC1. The van der Waals surface area contributed by atoms with Crippen LogP contribution in [0.1, 0.15) is 19.3 Å². The van der Waals surface area contributed by atoms with Crippen molar-refractivity contribution in [1.82, 2.24) is 0 Å². The second-order valence-corrected chi connectivity index (χ2v) is 4.38. The lowest BCUT2D eigenvalue weighted by molar-refractivity contribution is -0.352. The number of nitrogens with two attached hydrogens (primary N) is 1. The predicted octanol–water partition coefficient (Wildman–Crippen LogP) is 2.35. The van der Waals surface area contributed by atoms with Crippen LogP contribution in [-0.4, -0.2) is 41.9 Å². The van der Waals surface area contributed by atoms with E-state index >= 15 is 0 Å². The summed E-state index contributed by atoms with van der Waals surface area (Å²) in [5, 5.41) is 9.19. The molecule has 0 heterocycles. The van der Waals surface area contributed by atoms with Crippen molar-refractivity contribution in [3.05, 3.63) is 11.6 Å². The summed E-state index contributed by atoms with van der Waals surface area (Å²) in [6, 6.07) is 0. The molecular formula is C11H14F6N2O. The molecule has 20 heavy (non-hydrogen) atoms. The second-order valence-electron chi connectivity index (χ2n) is 4.38. The van der Waals surface area contributed by atoms with E-state index in [-0.39, 0.29) is 25.9 Å². The number of allylic oxidation sites excluding steroid dienone is 1. The molecule has 0 amide bonds. The summed E-state index contributed by atoms with van der Waals surface area (Å²) >= 11 is 0. The molecule has 0 aromatic carbocycles. The quantitative estimate of drug-likeness (QED) is 0.621. The van der Waals surface area contributed by atoms with E-state index in [1.54, 1.807) is 0 Å². The molecule has 0 spiro atoms. The first kappa shape index (κ1) is 17.0. The average Bonchev–Trinajstić information content (AvgIpc) is 2.33. The molecule has 0 aliphatic heterocycles. The maximum atomic E-state index is 12.6. The smallest absolute Gasteiger partial charge is 0.370 e. The summed E-state index contributed by atoms with van der Waals surface area (Å²) in [5.41, 5.74) is -0.198. The first-order valence-electron chi connectivity index (χ1n) is 5.81. The topological polar surface area (TPSA) is 58.6 Å². The summed E-state index contributed by atoms with van der Waals surface area (Å²) < 4.78 is 75.8. The molecule has 1 aliphatic rings. The van der Waals surface area contributed by atoms with E-state index in [4.69, 9.17) is 5.73 Å². The predicted molar refractivity (Wildman–Crippen MR) is 60.4 cm³/mol. The number of halogens is 6. The molecule has 0 aromatic rings. The number of rotatable bonds is 3. The van der Waals surface area contributed by atoms with Crippen LogP contribution in [0.25, 0.3) is 0 Å². The molecule has 1 aliphatic carbocycles. The first-order valence-corrected chi connectivity index (χ1v) is 5.81. The average molecular weight is 304 g/mol. The van der Waals surface area contributed by atoms with Gasteiger partial charge < -0.3 is 10.8 Å². The van der Waals surface area contributed by atoms with E-state index in [1.807, 2.05) is 0 Å². The van der Waals surface area contributed by atoms with Crippen LogP contribution in [0.5, 0.6) is 0 Å². The molecular weight excluding hydrogens is 290 g/mol. The van der Waals surface area contributed by atoms with Crippen LogP contribution >= 0.6 is 0 Å².